The number of sulfone groups is 1. The van der Waals surface area contributed by atoms with Crippen molar-refractivity contribution in [3.05, 3.63) is 30.3 Å². The van der Waals surface area contributed by atoms with Gasteiger partial charge in [0.15, 0.2) is 9.84 Å². The van der Waals surface area contributed by atoms with E-state index in [0.717, 1.165) is 0 Å². The number of anilines is 1. The molecule has 1 aliphatic rings. The minimum atomic E-state index is -3.08. The van der Waals surface area contributed by atoms with Crippen LogP contribution in [0.1, 0.15) is 20.3 Å². The minimum Gasteiger partial charge on any atom is -0.341 e. The van der Waals surface area contributed by atoms with Crippen LogP contribution in [0.2, 0.25) is 0 Å². The fourth-order valence-electron chi connectivity index (χ4n) is 2.59. The van der Waals surface area contributed by atoms with Crippen LogP contribution in [0.3, 0.4) is 0 Å². The van der Waals surface area contributed by atoms with E-state index < -0.39 is 21.2 Å². The van der Waals surface area contributed by atoms with Crippen molar-refractivity contribution in [3.8, 4) is 0 Å². The molecule has 7 heteroatoms. The van der Waals surface area contributed by atoms with Gasteiger partial charge in [-0.2, -0.15) is 0 Å². The second-order valence-electron chi connectivity index (χ2n) is 6.42. The first-order valence-corrected chi connectivity index (χ1v) is 9.30. The van der Waals surface area contributed by atoms with Gasteiger partial charge in [-0.15, -0.1) is 0 Å². The zero-order valence-corrected chi connectivity index (χ0v) is 14.4. The van der Waals surface area contributed by atoms with Crippen LogP contribution in [0.15, 0.2) is 30.3 Å². The molecule has 0 aromatic heterocycles. The van der Waals surface area contributed by atoms with E-state index in [2.05, 4.69) is 5.32 Å². The number of benzene rings is 1. The predicted molar refractivity (Wildman–Crippen MR) is 88.7 cm³/mol. The van der Waals surface area contributed by atoms with Crippen molar-refractivity contribution in [1.82, 2.24) is 4.90 Å². The molecule has 0 radical (unpaired) electrons. The number of amides is 2. The number of carbonyl (C=O) groups is 2. The molecule has 6 nitrogen and oxygen atoms in total. The van der Waals surface area contributed by atoms with E-state index in [-0.39, 0.29) is 23.5 Å². The molecule has 0 aliphatic carbocycles. The van der Waals surface area contributed by atoms with Gasteiger partial charge in [0.1, 0.15) is 5.41 Å². The molecule has 2 amide bonds. The standard InChI is InChI=1S/C16H22N2O4S/c1-16(2,14(19)17-12-7-5-4-6-8-12)15(20)18(3)13-9-10-23(21,22)11-13/h4-8,13H,9-11H2,1-3H3,(H,17,19). The molecule has 0 bridgehead atoms. The first-order valence-electron chi connectivity index (χ1n) is 7.48. The minimum absolute atomic E-state index is 0.0361. The Kier molecular flexibility index (Phi) is 4.79. The van der Waals surface area contributed by atoms with Crippen molar-refractivity contribution in [3.63, 3.8) is 0 Å². The highest BCUT2D eigenvalue weighted by Gasteiger charge is 2.42. The highest BCUT2D eigenvalue weighted by Crippen LogP contribution is 2.25. The van der Waals surface area contributed by atoms with E-state index in [1.54, 1.807) is 45.2 Å². The van der Waals surface area contributed by atoms with Crippen molar-refractivity contribution in [2.24, 2.45) is 5.41 Å². The summed E-state index contributed by atoms with van der Waals surface area (Å²) in [5, 5.41) is 2.72. The van der Waals surface area contributed by atoms with Crippen LogP contribution < -0.4 is 5.32 Å². The molecule has 1 unspecified atom stereocenters. The summed E-state index contributed by atoms with van der Waals surface area (Å²) in [7, 11) is -1.52. The van der Waals surface area contributed by atoms with Gasteiger partial charge >= 0.3 is 0 Å². The number of hydrogen-bond donors (Lipinski definition) is 1. The number of para-hydroxylation sites is 1. The van der Waals surface area contributed by atoms with Crippen LogP contribution in [0, 0.1) is 5.41 Å². The van der Waals surface area contributed by atoms with E-state index >= 15 is 0 Å². The summed E-state index contributed by atoms with van der Waals surface area (Å²) in [6.07, 6.45) is 0.418. The molecule has 1 heterocycles. The molecule has 1 atom stereocenters. The lowest BCUT2D eigenvalue weighted by Crippen LogP contribution is -2.49. The Hall–Kier alpha value is -1.89. The number of rotatable bonds is 4. The summed E-state index contributed by atoms with van der Waals surface area (Å²) in [5.41, 5.74) is -0.666. The maximum atomic E-state index is 12.7. The van der Waals surface area contributed by atoms with Crippen LogP contribution in [0.4, 0.5) is 5.69 Å². The molecule has 0 spiro atoms. The molecular formula is C16H22N2O4S. The van der Waals surface area contributed by atoms with Gasteiger partial charge in [0, 0.05) is 18.8 Å². The normalized spacial score (nSPS) is 20.0. The molecule has 126 valence electrons. The van der Waals surface area contributed by atoms with Gasteiger partial charge in [0.2, 0.25) is 11.8 Å². The molecule has 23 heavy (non-hydrogen) atoms. The van der Waals surface area contributed by atoms with Crippen molar-refractivity contribution in [2.45, 2.75) is 26.3 Å². The summed E-state index contributed by atoms with van der Waals surface area (Å²) >= 11 is 0. The molecule has 1 aromatic carbocycles. The quantitative estimate of drug-likeness (QED) is 0.839. The van der Waals surface area contributed by atoms with Crippen LogP contribution in [0.25, 0.3) is 0 Å². The third-order valence-electron chi connectivity index (χ3n) is 4.21. The van der Waals surface area contributed by atoms with E-state index in [1.807, 2.05) is 6.07 Å². The third kappa shape index (κ3) is 3.90. The SMILES string of the molecule is CN(C(=O)C(C)(C)C(=O)Nc1ccccc1)C1CCS(=O)(=O)C1. The monoisotopic (exact) mass is 338 g/mol. The largest absolute Gasteiger partial charge is 0.341 e. The van der Waals surface area contributed by atoms with Gasteiger partial charge in [-0.1, -0.05) is 18.2 Å². The number of nitrogens with one attached hydrogen (secondary N) is 1. The average molecular weight is 338 g/mol. The van der Waals surface area contributed by atoms with Crippen molar-refractivity contribution < 1.29 is 18.0 Å². The summed E-state index contributed by atoms with van der Waals surface area (Å²) < 4.78 is 23.2. The van der Waals surface area contributed by atoms with Gasteiger partial charge in [-0.25, -0.2) is 8.42 Å². The van der Waals surface area contributed by atoms with Gasteiger partial charge in [0.25, 0.3) is 0 Å². The van der Waals surface area contributed by atoms with Crippen LogP contribution in [-0.4, -0.2) is 49.7 Å². The first-order chi connectivity index (χ1) is 10.6. The smallest absolute Gasteiger partial charge is 0.239 e. The molecule has 1 fully saturated rings. The topological polar surface area (TPSA) is 83.6 Å². The number of nitrogens with zero attached hydrogens (tertiary/aromatic N) is 1. The zero-order valence-electron chi connectivity index (χ0n) is 13.6. The summed E-state index contributed by atoms with van der Waals surface area (Å²) in [6.45, 7) is 3.10. The molecule has 2 rings (SSSR count). The zero-order chi connectivity index (χ0) is 17.3. The first kappa shape index (κ1) is 17.5. The number of carbonyl (C=O) groups excluding carboxylic acids is 2. The van der Waals surface area contributed by atoms with E-state index in [1.165, 1.54) is 4.90 Å². The number of hydrogen-bond acceptors (Lipinski definition) is 4. The van der Waals surface area contributed by atoms with Gasteiger partial charge in [-0.05, 0) is 32.4 Å². The van der Waals surface area contributed by atoms with E-state index in [0.29, 0.717) is 12.1 Å². The molecule has 0 saturated carbocycles. The Bertz CT molecular complexity index is 698. The molecule has 1 aromatic rings. The fraction of sp³-hybridized carbons (Fsp3) is 0.500. The Morgan fingerprint density at radius 3 is 2.35 bits per heavy atom. The van der Waals surface area contributed by atoms with Crippen LogP contribution in [-0.2, 0) is 19.4 Å². The molecule has 1 saturated heterocycles. The molecule has 1 N–H and O–H groups in total. The second-order valence-corrected chi connectivity index (χ2v) is 8.65. The lowest BCUT2D eigenvalue weighted by atomic mass is 9.89. The van der Waals surface area contributed by atoms with E-state index in [4.69, 9.17) is 0 Å². The van der Waals surface area contributed by atoms with Gasteiger partial charge in [0.05, 0.1) is 11.5 Å². The highest BCUT2D eigenvalue weighted by atomic mass is 32.2. The predicted octanol–water partition coefficient (Wildman–Crippen LogP) is 1.30. The second kappa shape index (κ2) is 6.31. The van der Waals surface area contributed by atoms with Gasteiger partial charge in [-0.3, -0.25) is 9.59 Å². The van der Waals surface area contributed by atoms with Crippen molar-refractivity contribution in [1.29, 1.82) is 0 Å². The Morgan fingerprint density at radius 1 is 1.22 bits per heavy atom. The highest BCUT2D eigenvalue weighted by molar-refractivity contribution is 7.91. The average Bonchev–Trinajstić information content (AvgIpc) is 2.86. The lowest BCUT2D eigenvalue weighted by molar-refractivity contribution is -0.146. The summed E-state index contributed by atoms with van der Waals surface area (Å²) in [5.74, 6) is -0.744. The van der Waals surface area contributed by atoms with E-state index in [9.17, 15) is 18.0 Å². The third-order valence-corrected chi connectivity index (χ3v) is 5.96. The lowest BCUT2D eigenvalue weighted by Gasteiger charge is -2.31. The fourth-order valence-corrected chi connectivity index (χ4v) is 4.37. The van der Waals surface area contributed by atoms with Crippen LogP contribution >= 0.6 is 0 Å². The summed E-state index contributed by atoms with van der Waals surface area (Å²) in [6, 6.07) is 8.54. The van der Waals surface area contributed by atoms with Crippen molar-refractivity contribution >= 4 is 27.3 Å². The Morgan fingerprint density at radius 2 is 1.83 bits per heavy atom. The molecular weight excluding hydrogens is 316 g/mol. The van der Waals surface area contributed by atoms with Gasteiger partial charge < -0.3 is 10.2 Å². The molecule has 1 aliphatic heterocycles. The van der Waals surface area contributed by atoms with Crippen LogP contribution in [0.5, 0.6) is 0 Å². The van der Waals surface area contributed by atoms with Crippen molar-refractivity contribution in [2.75, 3.05) is 23.9 Å². The Labute approximate surface area is 136 Å². The summed E-state index contributed by atoms with van der Waals surface area (Å²) in [4.78, 5) is 26.5. The maximum Gasteiger partial charge on any atom is 0.239 e. The Balaban J connectivity index is 2.08. The maximum absolute atomic E-state index is 12.7.